The Morgan fingerprint density at radius 2 is 2.06 bits per heavy atom. The minimum Gasteiger partial charge on any atom is -0.380 e. The molecule has 5 heteroatoms. The van der Waals surface area contributed by atoms with E-state index < -0.39 is 0 Å². The highest BCUT2D eigenvalue weighted by atomic mass is 16.5. The largest absolute Gasteiger partial charge is 0.380 e. The first-order valence-corrected chi connectivity index (χ1v) is 5.51. The van der Waals surface area contributed by atoms with Gasteiger partial charge in [0.25, 0.3) is 0 Å². The molecule has 0 aliphatic carbocycles. The van der Waals surface area contributed by atoms with Crippen molar-refractivity contribution in [2.24, 2.45) is 0 Å². The van der Waals surface area contributed by atoms with Crippen LogP contribution in [0.5, 0.6) is 0 Å². The molecule has 5 nitrogen and oxygen atoms in total. The third kappa shape index (κ3) is 3.06. The summed E-state index contributed by atoms with van der Waals surface area (Å²) in [6, 6.07) is 0. The smallest absolute Gasteiger partial charge is 0.134 e. The van der Waals surface area contributed by atoms with Crippen LogP contribution in [0.25, 0.3) is 0 Å². The van der Waals surface area contributed by atoms with Crippen molar-refractivity contribution in [1.82, 2.24) is 9.97 Å². The lowest BCUT2D eigenvalue weighted by atomic mass is 10.2. The topological polar surface area (TPSA) is 59.1 Å². The highest BCUT2D eigenvalue weighted by molar-refractivity contribution is 5.57. The summed E-state index contributed by atoms with van der Waals surface area (Å²) in [5.41, 5.74) is 1.10. The summed E-state index contributed by atoms with van der Waals surface area (Å²) < 4.78 is 5.18. The van der Waals surface area contributed by atoms with Crippen LogP contribution in [0.2, 0.25) is 0 Å². The van der Waals surface area contributed by atoms with Crippen molar-refractivity contribution >= 4 is 11.6 Å². The Bertz CT molecular complexity index is 330. The van der Waals surface area contributed by atoms with E-state index in [0.29, 0.717) is 0 Å². The maximum Gasteiger partial charge on any atom is 0.134 e. The SMILES string of the molecule is CCc1c(NC)ncnc1NCC(C)OC. The lowest BCUT2D eigenvalue weighted by Gasteiger charge is -2.15. The van der Waals surface area contributed by atoms with Crippen LogP contribution in [0.3, 0.4) is 0 Å². The number of methoxy groups -OCH3 is 1. The summed E-state index contributed by atoms with van der Waals surface area (Å²) in [4.78, 5) is 8.43. The van der Waals surface area contributed by atoms with Crippen molar-refractivity contribution in [2.45, 2.75) is 26.4 Å². The van der Waals surface area contributed by atoms with Gasteiger partial charge in [0, 0.05) is 26.3 Å². The molecule has 90 valence electrons. The zero-order valence-corrected chi connectivity index (χ0v) is 10.4. The number of anilines is 2. The second-order valence-corrected chi connectivity index (χ2v) is 3.58. The summed E-state index contributed by atoms with van der Waals surface area (Å²) in [6.45, 7) is 4.84. The molecule has 1 atom stereocenters. The van der Waals surface area contributed by atoms with Crippen LogP contribution in [0.1, 0.15) is 19.4 Å². The molecule has 0 aromatic carbocycles. The van der Waals surface area contributed by atoms with Crippen LogP contribution >= 0.6 is 0 Å². The fourth-order valence-corrected chi connectivity index (χ4v) is 1.44. The van der Waals surface area contributed by atoms with Gasteiger partial charge in [-0.05, 0) is 13.3 Å². The minimum absolute atomic E-state index is 0.165. The summed E-state index contributed by atoms with van der Waals surface area (Å²) in [5, 5.41) is 6.34. The quantitative estimate of drug-likeness (QED) is 0.767. The van der Waals surface area contributed by atoms with Gasteiger partial charge in [-0.15, -0.1) is 0 Å². The standard InChI is InChI=1S/C11H20N4O/c1-5-9-10(12-3)14-7-15-11(9)13-6-8(2)16-4/h7-8H,5-6H2,1-4H3,(H2,12,13,14,15). The average Bonchev–Trinajstić information content (AvgIpc) is 2.34. The Morgan fingerprint density at radius 1 is 1.38 bits per heavy atom. The van der Waals surface area contributed by atoms with Crippen molar-refractivity contribution in [3.05, 3.63) is 11.9 Å². The minimum atomic E-state index is 0.165. The molecule has 0 bridgehead atoms. The molecule has 1 heterocycles. The predicted molar refractivity (Wildman–Crippen MR) is 65.9 cm³/mol. The van der Waals surface area contributed by atoms with Crippen LogP contribution in [0.15, 0.2) is 6.33 Å². The summed E-state index contributed by atoms with van der Waals surface area (Å²) in [6.07, 6.45) is 2.61. The average molecular weight is 224 g/mol. The highest BCUT2D eigenvalue weighted by Crippen LogP contribution is 2.19. The second-order valence-electron chi connectivity index (χ2n) is 3.58. The Hall–Kier alpha value is -1.36. The molecule has 0 aliphatic heterocycles. The molecular formula is C11H20N4O. The Morgan fingerprint density at radius 3 is 2.62 bits per heavy atom. The van der Waals surface area contributed by atoms with Crippen LogP contribution < -0.4 is 10.6 Å². The molecule has 16 heavy (non-hydrogen) atoms. The number of rotatable bonds is 6. The molecule has 1 aromatic heterocycles. The fraction of sp³-hybridized carbons (Fsp3) is 0.636. The summed E-state index contributed by atoms with van der Waals surface area (Å²) in [5.74, 6) is 1.76. The van der Waals surface area contributed by atoms with E-state index in [1.807, 2.05) is 14.0 Å². The molecule has 1 unspecified atom stereocenters. The molecule has 0 spiro atoms. The maximum atomic E-state index is 5.18. The van der Waals surface area contributed by atoms with Gasteiger partial charge in [0.15, 0.2) is 0 Å². The van der Waals surface area contributed by atoms with E-state index in [4.69, 9.17) is 4.74 Å². The lowest BCUT2D eigenvalue weighted by molar-refractivity contribution is 0.128. The molecule has 1 aromatic rings. The number of aromatic nitrogens is 2. The van der Waals surface area contributed by atoms with Gasteiger partial charge in [-0.1, -0.05) is 6.92 Å². The van der Waals surface area contributed by atoms with Crippen molar-refractivity contribution in [3.63, 3.8) is 0 Å². The first-order valence-electron chi connectivity index (χ1n) is 5.51. The molecular weight excluding hydrogens is 204 g/mol. The zero-order chi connectivity index (χ0) is 12.0. The third-order valence-corrected chi connectivity index (χ3v) is 2.50. The number of nitrogens with one attached hydrogen (secondary N) is 2. The van der Waals surface area contributed by atoms with Crippen molar-refractivity contribution in [3.8, 4) is 0 Å². The summed E-state index contributed by atoms with van der Waals surface area (Å²) in [7, 11) is 3.56. The van der Waals surface area contributed by atoms with Crippen LogP contribution in [0.4, 0.5) is 11.6 Å². The zero-order valence-electron chi connectivity index (χ0n) is 10.4. The van der Waals surface area contributed by atoms with Gasteiger partial charge in [-0.2, -0.15) is 0 Å². The van der Waals surface area contributed by atoms with E-state index in [1.165, 1.54) is 0 Å². The van der Waals surface area contributed by atoms with Crippen LogP contribution in [-0.2, 0) is 11.2 Å². The number of hydrogen-bond acceptors (Lipinski definition) is 5. The molecule has 0 radical (unpaired) electrons. The molecule has 0 aliphatic rings. The van der Waals surface area contributed by atoms with Gasteiger partial charge in [0.2, 0.25) is 0 Å². The fourth-order valence-electron chi connectivity index (χ4n) is 1.44. The van der Waals surface area contributed by atoms with Crippen LogP contribution in [0, 0.1) is 0 Å². The van der Waals surface area contributed by atoms with E-state index >= 15 is 0 Å². The first kappa shape index (κ1) is 12.7. The monoisotopic (exact) mass is 224 g/mol. The Kier molecular flexibility index (Phi) is 4.98. The van der Waals surface area contributed by atoms with Gasteiger partial charge in [0.05, 0.1) is 6.10 Å². The number of hydrogen-bond donors (Lipinski definition) is 2. The van der Waals surface area contributed by atoms with E-state index in [1.54, 1.807) is 13.4 Å². The molecule has 0 saturated carbocycles. The van der Waals surface area contributed by atoms with Crippen molar-refractivity contribution < 1.29 is 4.74 Å². The van der Waals surface area contributed by atoms with Gasteiger partial charge < -0.3 is 15.4 Å². The van der Waals surface area contributed by atoms with Crippen molar-refractivity contribution in [1.29, 1.82) is 0 Å². The van der Waals surface area contributed by atoms with E-state index in [-0.39, 0.29) is 6.10 Å². The highest BCUT2D eigenvalue weighted by Gasteiger charge is 2.09. The predicted octanol–water partition coefficient (Wildman–Crippen LogP) is 1.53. The Labute approximate surface area is 96.6 Å². The number of ether oxygens (including phenoxy) is 1. The lowest BCUT2D eigenvalue weighted by Crippen LogP contribution is -2.20. The van der Waals surface area contributed by atoms with E-state index in [9.17, 15) is 0 Å². The number of nitrogens with zero attached hydrogens (tertiary/aromatic N) is 2. The van der Waals surface area contributed by atoms with Crippen molar-refractivity contribution in [2.75, 3.05) is 31.3 Å². The first-order chi connectivity index (χ1) is 7.72. The van der Waals surface area contributed by atoms with Gasteiger partial charge in [-0.25, -0.2) is 9.97 Å². The van der Waals surface area contributed by atoms with Gasteiger partial charge in [0.1, 0.15) is 18.0 Å². The Balaban J connectivity index is 2.78. The molecule has 0 amide bonds. The molecule has 2 N–H and O–H groups in total. The van der Waals surface area contributed by atoms with E-state index in [2.05, 4.69) is 27.5 Å². The summed E-state index contributed by atoms with van der Waals surface area (Å²) >= 11 is 0. The maximum absolute atomic E-state index is 5.18. The molecule has 1 rings (SSSR count). The molecule has 0 saturated heterocycles. The third-order valence-electron chi connectivity index (χ3n) is 2.50. The van der Waals surface area contributed by atoms with Gasteiger partial charge in [-0.3, -0.25) is 0 Å². The van der Waals surface area contributed by atoms with Crippen LogP contribution in [-0.4, -0.2) is 36.8 Å². The van der Waals surface area contributed by atoms with Gasteiger partial charge >= 0.3 is 0 Å². The second kappa shape index (κ2) is 6.27. The molecule has 0 fully saturated rings. The normalized spacial score (nSPS) is 12.2. The van der Waals surface area contributed by atoms with E-state index in [0.717, 1.165) is 30.2 Å².